The molecule has 120 valence electrons. The topological polar surface area (TPSA) is 51.2 Å². The highest BCUT2D eigenvalue weighted by Crippen LogP contribution is 2.21. The van der Waals surface area contributed by atoms with E-state index in [0.29, 0.717) is 11.1 Å². The van der Waals surface area contributed by atoms with E-state index in [0.717, 1.165) is 25.7 Å². The number of ether oxygens (including phenoxy) is 1. The first-order chi connectivity index (χ1) is 11.2. The normalized spacial score (nSPS) is 14.7. The van der Waals surface area contributed by atoms with Gasteiger partial charge in [0.25, 0.3) is 5.91 Å². The lowest BCUT2D eigenvalue weighted by molar-refractivity contribution is 0.0932. The molecule has 0 bridgehead atoms. The van der Waals surface area contributed by atoms with E-state index in [1.807, 2.05) is 0 Å². The second-order valence-corrected chi connectivity index (χ2v) is 5.69. The number of nitrogens with zero attached hydrogens (tertiary/aromatic N) is 1. The summed E-state index contributed by atoms with van der Waals surface area (Å²) >= 11 is 0. The second-order valence-electron chi connectivity index (χ2n) is 5.69. The zero-order chi connectivity index (χ0) is 16.1. The third-order valence-corrected chi connectivity index (χ3v) is 4.03. The lowest BCUT2D eigenvalue weighted by atomic mass is 10.2. The van der Waals surface area contributed by atoms with Crippen LogP contribution in [-0.4, -0.2) is 16.9 Å². The highest BCUT2D eigenvalue weighted by Gasteiger charge is 2.20. The second kappa shape index (κ2) is 7.22. The van der Waals surface area contributed by atoms with Crippen LogP contribution in [0.25, 0.3) is 0 Å². The summed E-state index contributed by atoms with van der Waals surface area (Å²) in [5.41, 5.74) is 0.816. The smallest absolute Gasteiger partial charge is 0.256 e. The van der Waals surface area contributed by atoms with Gasteiger partial charge >= 0.3 is 0 Å². The Bertz CT molecular complexity index is 684. The molecule has 0 spiro atoms. The molecule has 3 rings (SSSR count). The monoisotopic (exact) mass is 314 g/mol. The van der Waals surface area contributed by atoms with Crippen molar-refractivity contribution in [3.8, 4) is 5.88 Å². The predicted octanol–water partition coefficient (Wildman–Crippen LogP) is 3.47. The van der Waals surface area contributed by atoms with E-state index in [1.54, 1.807) is 36.5 Å². The summed E-state index contributed by atoms with van der Waals surface area (Å²) < 4.78 is 19.2. The molecule has 1 aliphatic rings. The van der Waals surface area contributed by atoms with Crippen LogP contribution in [0.2, 0.25) is 0 Å². The van der Waals surface area contributed by atoms with E-state index < -0.39 is 0 Å². The van der Waals surface area contributed by atoms with Crippen molar-refractivity contribution < 1.29 is 13.9 Å². The number of benzene rings is 1. The first-order valence-corrected chi connectivity index (χ1v) is 7.86. The van der Waals surface area contributed by atoms with Gasteiger partial charge in [0.05, 0.1) is 0 Å². The summed E-state index contributed by atoms with van der Waals surface area (Å²) in [6, 6.07) is 9.99. The Morgan fingerprint density at radius 2 is 2.00 bits per heavy atom. The molecule has 1 aromatic heterocycles. The van der Waals surface area contributed by atoms with Crippen molar-refractivity contribution in [1.82, 2.24) is 10.3 Å². The molecule has 23 heavy (non-hydrogen) atoms. The molecule has 2 aromatic rings. The van der Waals surface area contributed by atoms with Crippen LogP contribution in [-0.2, 0) is 6.61 Å². The van der Waals surface area contributed by atoms with Gasteiger partial charge in [0.1, 0.15) is 18.0 Å². The van der Waals surface area contributed by atoms with Crippen LogP contribution in [0.3, 0.4) is 0 Å². The fraction of sp³-hybridized carbons (Fsp3) is 0.333. The lowest BCUT2D eigenvalue weighted by Crippen LogP contribution is -2.33. The fourth-order valence-corrected chi connectivity index (χ4v) is 2.77. The molecular weight excluding hydrogens is 295 g/mol. The number of carbonyl (C=O) groups excluding carboxylic acids is 1. The van der Waals surface area contributed by atoms with Crippen molar-refractivity contribution in [1.29, 1.82) is 0 Å². The van der Waals surface area contributed by atoms with Crippen LogP contribution in [0.15, 0.2) is 42.6 Å². The number of amides is 1. The number of carbonyl (C=O) groups is 1. The molecule has 0 saturated heterocycles. The Morgan fingerprint density at radius 1 is 1.22 bits per heavy atom. The highest BCUT2D eigenvalue weighted by molar-refractivity contribution is 5.96. The number of hydrogen-bond donors (Lipinski definition) is 1. The Morgan fingerprint density at radius 3 is 2.78 bits per heavy atom. The van der Waals surface area contributed by atoms with Crippen molar-refractivity contribution in [3.05, 3.63) is 59.5 Å². The Kier molecular flexibility index (Phi) is 4.86. The summed E-state index contributed by atoms with van der Waals surface area (Å²) in [6.45, 7) is 0.0351. The summed E-state index contributed by atoms with van der Waals surface area (Å²) in [7, 11) is 0. The van der Waals surface area contributed by atoms with Crippen molar-refractivity contribution in [3.63, 3.8) is 0 Å². The first-order valence-electron chi connectivity index (χ1n) is 7.86. The van der Waals surface area contributed by atoms with Gasteiger partial charge in [-0.1, -0.05) is 31.0 Å². The van der Waals surface area contributed by atoms with Gasteiger partial charge in [-0.25, -0.2) is 9.37 Å². The van der Waals surface area contributed by atoms with Crippen LogP contribution in [0.4, 0.5) is 4.39 Å². The highest BCUT2D eigenvalue weighted by atomic mass is 19.1. The minimum atomic E-state index is -0.333. The fourth-order valence-electron chi connectivity index (χ4n) is 2.77. The maximum atomic E-state index is 13.6. The van der Waals surface area contributed by atoms with Gasteiger partial charge in [-0.15, -0.1) is 0 Å². The van der Waals surface area contributed by atoms with Crippen LogP contribution in [0.5, 0.6) is 5.88 Å². The molecule has 1 amide bonds. The summed E-state index contributed by atoms with van der Waals surface area (Å²) in [5.74, 6) is -0.292. The van der Waals surface area contributed by atoms with Crippen molar-refractivity contribution in [2.75, 3.05) is 0 Å². The van der Waals surface area contributed by atoms with E-state index >= 15 is 0 Å². The Labute approximate surface area is 134 Å². The van der Waals surface area contributed by atoms with Gasteiger partial charge in [-0.05, 0) is 31.0 Å². The first kappa shape index (κ1) is 15.5. The molecular formula is C18H19FN2O2. The number of nitrogens with one attached hydrogen (secondary N) is 1. The maximum Gasteiger partial charge on any atom is 0.256 e. The van der Waals surface area contributed by atoms with Crippen LogP contribution in [0, 0.1) is 5.82 Å². The maximum absolute atomic E-state index is 13.6. The minimum Gasteiger partial charge on any atom is -0.472 e. The summed E-state index contributed by atoms with van der Waals surface area (Å²) in [6.07, 6.45) is 5.88. The average Bonchev–Trinajstić information content (AvgIpc) is 3.07. The summed E-state index contributed by atoms with van der Waals surface area (Å²) in [4.78, 5) is 16.5. The number of aromatic nitrogens is 1. The van der Waals surface area contributed by atoms with Crippen LogP contribution < -0.4 is 10.1 Å². The van der Waals surface area contributed by atoms with Gasteiger partial charge < -0.3 is 10.1 Å². The minimum absolute atomic E-state index is 0.0351. The molecule has 1 heterocycles. The molecule has 0 radical (unpaired) electrons. The zero-order valence-electron chi connectivity index (χ0n) is 12.8. The number of halogens is 1. The molecule has 4 nitrogen and oxygen atoms in total. The Balaban J connectivity index is 1.70. The van der Waals surface area contributed by atoms with Crippen molar-refractivity contribution in [2.24, 2.45) is 0 Å². The molecule has 1 N–H and O–H groups in total. The standard InChI is InChI=1S/C18H19FN2O2/c19-16-10-4-1-6-13(16)12-23-18-15(9-5-11-20-18)17(22)21-14-7-2-3-8-14/h1,4-6,9-11,14H,2-3,7-8,12H2,(H,21,22). The third-order valence-electron chi connectivity index (χ3n) is 4.03. The van der Waals surface area contributed by atoms with Crippen molar-refractivity contribution in [2.45, 2.75) is 38.3 Å². The molecule has 1 saturated carbocycles. The predicted molar refractivity (Wildman–Crippen MR) is 84.7 cm³/mol. The van der Waals surface area contributed by atoms with E-state index in [9.17, 15) is 9.18 Å². The Hall–Kier alpha value is -2.43. The van der Waals surface area contributed by atoms with E-state index in [4.69, 9.17) is 4.74 Å². The summed E-state index contributed by atoms with van der Waals surface area (Å²) in [5, 5.41) is 3.01. The molecule has 1 aliphatic carbocycles. The van der Waals surface area contributed by atoms with E-state index in [-0.39, 0.29) is 30.3 Å². The van der Waals surface area contributed by atoms with Crippen molar-refractivity contribution >= 4 is 5.91 Å². The molecule has 1 fully saturated rings. The van der Waals surface area contributed by atoms with E-state index in [2.05, 4.69) is 10.3 Å². The van der Waals surface area contributed by atoms with Gasteiger partial charge in [0.2, 0.25) is 5.88 Å². The molecule has 5 heteroatoms. The number of rotatable bonds is 5. The lowest BCUT2D eigenvalue weighted by Gasteiger charge is -2.14. The SMILES string of the molecule is O=C(NC1CCCC1)c1cccnc1OCc1ccccc1F. The zero-order valence-corrected chi connectivity index (χ0v) is 12.8. The molecule has 0 aliphatic heterocycles. The van der Waals surface area contributed by atoms with Gasteiger partial charge in [-0.2, -0.15) is 0 Å². The largest absolute Gasteiger partial charge is 0.472 e. The van der Waals surface area contributed by atoms with Crippen LogP contribution >= 0.6 is 0 Å². The van der Waals surface area contributed by atoms with E-state index in [1.165, 1.54) is 6.07 Å². The molecule has 1 aromatic carbocycles. The third kappa shape index (κ3) is 3.86. The van der Waals surface area contributed by atoms with Gasteiger partial charge in [-0.3, -0.25) is 4.79 Å². The van der Waals surface area contributed by atoms with Crippen LogP contribution in [0.1, 0.15) is 41.6 Å². The average molecular weight is 314 g/mol. The molecule has 0 atom stereocenters. The molecule has 0 unspecified atom stereocenters. The quantitative estimate of drug-likeness (QED) is 0.919. The van der Waals surface area contributed by atoms with Gasteiger partial charge in [0, 0.05) is 17.8 Å². The number of hydrogen-bond acceptors (Lipinski definition) is 3. The van der Waals surface area contributed by atoms with Gasteiger partial charge in [0.15, 0.2) is 0 Å². The number of pyridine rings is 1.